The summed E-state index contributed by atoms with van der Waals surface area (Å²) in [6, 6.07) is 0.785. The summed E-state index contributed by atoms with van der Waals surface area (Å²) >= 11 is 1.78. The highest BCUT2D eigenvalue weighted by Gasteiger charge is 2.27. The number of nitrogens with one attached hydrogen (secondary N) is 1. The maximum absolute atomic E-state index is 11.8. The van der Waals surface area contributed by atoms with E-state index >= 15 is 0 Å². The molecule has 0 radical (unpaired) electrons. The van der Waals surface area contributed by atoms with E-state index in [0.29, 0.717) is 6.04 Å². The van der Waals surface area contributed by atoms with Crippen LogP contribution in [-0.4, -0.2) is 47.0 Å². The molecular formula is C11H22N2OS. The fourth-order valence-corrected chi connectivity index (χ4v) is 2.82. The van der Waals surface area contributed by atoms with Gasteiger partial charge in [0.05, 0.1) is 5.25 Å². The van der Waals surface area contributed by atoms with Crippen LogP contribution in [-0.2, 0) is 4.79 Å². The second-order valence-corrected chi connectivity index (χ2v) is 5.92. The molecule has 1 amide bonds. The average Bonchev–Trinajstić information content (AvgIpc) is 2.17. The van der Waals surface area contributed by atoms with Crippen LogP contribution in [0.2, 0.25) is 0 Å². The molecule has 0 aromatic heterocycles. The van der Waals surface area contributed by atoms with Gasteiger partial charge in [-0.2, -0.15) is 0 Å². The zero-order valence-electron chi connectivity index (χ0n) is 10.1. The first-order chi connectivity index (χ1) is 7.00. The van der Waals surface area contributed by atoms with Crippen molar-refractivity contribution in [3.8, 4) is 0 Å². The van der Waals surface area contributed by atoms with Crippen molar-refractivity contribution < 1.29 is 4.79 Å². The van der Waals surface area contributed by atoms with E-state index in [9.17, 15) is 4.79 Å². The molecule has 4 heteroatoms. The summed E-state index contributed by atoms with van der Waals surface area (Å²) in [5, 5.41) is 3.10. The third kappa shape index (κ3) is 4.03. The van der Waals surface area contributed by atoms with E-state index in [1.807, 2.05) is 13.8 Å². The largest absolute Gasteiger partial charge is 0.353 e. The van der Waals surface area contributed by atoms with Gasteiger partial charge in [-0.15, -0.1) is 11.8 Å². The molecule has 15 heavy (non-hydrogen) atoms. The van der Waals surface area contributed by atoms with Crippen molar-refractivity contribution in [2.24, 2.45) is 0 Å². The number of thioether (sulfide) groups is 1. The summed E-state index contributed by atoms with van der Waals surface area (Å²) < 4.78 is 0. The molecule has 1 saturated heterocycles. The van der Waals surface area contributed by atoms with Crippen LogP contribution in [0.5, 0.6) is 0 Å². The Labute approximate surface area is 97.0 Å². The fraction of sp³-hybridized carbons (Fsp3) is 0.909. The van der Waals surface area contributed by atoms with Gasteiger partial charge in [0, 0.05) is 30.9 Å². The molecule has 1 rings (SSSR count). The highest BCUT2D eigenvalue weighted by molar-refractivity contribution is 8.00. The molecule has 3 nitrogen and oxygen atoms in total. The number of carbonyl (C=O) groups is 1. The van der Waals surface area contributed by atoms with E-state index in [0.717, 1.165) is 18.8 Å². The van der Waals surface area contributed by atoms with Gasteiger partial charge >= 0.3 is 0 Å². The Kier molecular flexibility index (Phi) is 4.93. The summed E-state index contributed by atoms with van der Waals surface area (Å²) in [6.45, 7) is 10.4. The molecule has 0 saturated carbocycles. The molecule has 0 aromatic carbocycles. The Morgan fingerprint density at radius 1 is 1.40 bits per heavy atom. The molecular weight excluding hydrogens is 208 g/mol. The molecule has 0 aromatic rings. The van der Waals surface area contributed by atoms with E-state index < -0.39 is 0 Å². The number of hydrogen-bond acceptors (Lipinski definition) is 3. The normalized spacial score (nSPS) is 23.5. The number of rotatable bonds is 3. The van der Waals surface area contributed by atoms with Crippen LogP contribution in [0.3, 0.4) is 0 Å². The van der Waals surface area contributed by atoms with Crippen LogP contribution < -0.4 is 5.32 Å². The lowest BCUT2D eigenvalue weighted by Crippen LogP contribution is -2.49. The molecule has 1 heterocycles. The Morgan fingerprint density at radius 2 is 2.07 bits per heavy atom. The molecule has 1 aliphatic heterocycles. The van der Waals surface area contributed by atoms with Crippen molar-refractivity contribution >= 4 is 17.7 Å². The maximum atomic E-state index is 11.8. The Morgan fingerprint density at radius 3 is 2.60 bits per heavy atom. The minimum Gasteiger partial charge on any atom is -0.353 e. The third-order valence-electron chi connectivity index (χ3n) is 2.55. The summed E-state index contributed by atoms with van der Waals surface area (Å²) in [6.07, 6.45) is 0. The lowest BCUT2D eigenvalue weighted by Gasteiger charge is -2.34. The van der Waals surface area contributed by atoms with Gasteiger partial charge in [-0.25, -0.2) is 0 Å². The van der Waals surface area contributed by atoms with Gasteiger partial charge in [0.1, 0.15) is 0 Å². The number of nitrogens with zero attached hydrogens (tertiary/aromatic N) is 1. The van der Waals surface area contributed by atoms with E-state index in [1.165, 1.54) is 0 Å². The van der Waals surface area contributed by atoms with Crippen LogP contribution >= 0.6 is 11.8 Å². The second kappa shape index (κ2) is 5.75. The SMILES string of the molecule is CC(C)NC(=O)[C@@H]1CN(C(C)C)CCS1. The maximum Gasteiger partial charge on any atom is 0.234 e. The molecule has 0 aliphatic carbocycles. The quantitative estimate of drug-likeness (QED) is 0.794. The van der Waals surface area contributed by atoms with Gasteiger partial charge in [0.25, 0.3) is 0 Å². The first-order valence-electron chi connectivity index (χ1n) is 5.66. The number of carbonyl (C=O) groups excluding carboxylic acids is 1. The van der Waals surface area contributed by atoms with E-state index in [2.05, 4.69) is 24.1 Å². The summed E-state index contributed by atoms with van der Waals surface area (Å²) in [5.41, 5.74) is 0. The highest BCUT2D eigenvalue weighted by Crippen LogP contribution is 2.20. The van der Waals surface area contributed by atoms with Crippen LogP contribution in [0, 0.1) is 0 Å². The Balaban J connectivity index is 2.45. The molecule has 88 valence electrons. The molecule has 1 N–H and O–H groups in total. The van der Waals surface area contributed by atoms with Crippen LogP contribution in [0.1, 0.15) is 27.7 Å². The lowest BCUT2D eigenvalue weighted by atomic mass is 10.2. The highest BCUT2D eigenvalue weighted by atomic mass is 32.2. The minimum absolute atomic E-state index is 0.114. The zero-order valence-corrected chi connectivity index (χ0v) is 10.9. The average molecular weight is 230 g/mol. The van der Waals surface area contributed by atoms with Crippen molar-refractivity contribution in [1.82, 2.24) is 10.2 Å². The van der Waals surface area contributed by atoms with E-state index in [1.54, 1.807) is 11.8 Å². The molecule has 1 fully saturated rings. The van der Waals surface area contributed by atoms with Crippen molar-refractivity contribution in [2.75, 3.05) is 18.8 Å². The molecule has 1 aliphatic rings. The molecule has 0 spiro atoms. The summed E-state index contributed by atoms with van der Waals surface area (Å²) in [7, 11) is 0. The number of hydrogen-bond donors (Lipinski definition) is 1. The van der Waals surface area contributed by atoms with Crippen LogP contribution in [0.4, 0.5) is 0 Å². The smallest absolute Gasteiger partial charge is 0.234 e. The lowest BCUT2D eigenvalue weighted by molar-refractivity contribution is -0.121. The number of amides is 1. The predicted molar refractivity (Wildman–Crippen MR) is 66.2 cm³/mol. The van der Waals surface area contributed by atoms with Gasteiger partial charge in [-0.1, -0.05) is 0 Å². The zero-order chi connectivity index (χ0) is 11.4. The van der Waals surface area contributed by atoms with Crippen LogP contribution in [0.15, 0.2) is 0 Å². The second-order valence-electron chi connectivity index (χ2n) is 4.61. The minimum atomic E-state index is 0.114. The van der Waals surface area contributed by atoms with Gasteiger partial charge in [0.15, 0.2) is 0 Å². The first-order valence-corrected chi connectivity index (χ1v) is 6.71. The Hall–Kier alpha value is -0.220. The van der Waals surface area contributed by atoms with Gasteiger partial charge in [-0.3, -0.25) is 9.69 Å². The van der Waals surface area contributed by atoms with Crippen molar-refractivity contribution in [1.29, 1.82) is 0 Å². The van der Waals surface area contributed by atoms with Crippen molar-refractivity contribution in [3.63, 3.8) is 0 Å². The summed E-state index contributed by atoms with van der Waals surface area (Å²) in [5.74, 6) is 1.26. The van der Waals surface area contributed by atoms with E-state index in [-0.39, 0.29) is 17.2 Å². The predicted octanol–water partition coefficient (Wildman–Crippen LogP) is 1.34. The molecule has 0 unspecified atom stereocenters. The Bertz CT molecular complexity index is 219. The van der Waals surface area contributed by atoms with E-state index in [4.69, 9.17) is 0 Å². The van der Waals surface area contributed by atoms with Crippen molar-refractivity contribution in [3.05, 3.63) is 0 Å². The topological polar surface area (TPSA) is 32.3 Å². The molecule has 0 bridgehead atoms. The van der Waals surface area contributed by atoms with Gasteiger partial charge in [0.2, 0.25) is 5.91 Å². The first kappa shape index (κ1) is 12.8. The third-order valence-corrected chi connectivity index (χ3v) is 3.74. The fourth-order valence-electron chi connectivity index (χ4n) is 1.67. The van der Waals surface area contributed by atoms with Gasteiger partial charge < -0.3 is 5.32 Å². The van der Waals surface area contributed by atoms with Gasteiger partial charge in [-0.05, 0) is 27.7 Å². The van der Waals surface area contributed by atoms with Crippen LogP contribution in [0.25, 0.3) is 0 Å². The molecule has 1 atom stereocenters. The van der Waals surface area contributed by atoms with Crippen molar-refractivity contribution in [2.45, 2.75) is 45.0 Å². The standard InChI is InChI=1S/C11H22N2OS/c1-8(2)12-11(14)10-7-13(9(3)4)5-6-15-10/h8-10H,5-7H2,1-4H3,(H,12,14)/t10-/m0/s1. The monoisotopic (exact) mass is 230 g/mol. The summed E-state index contributed by atoms with van der Waals surface area (Å²) in [4.78, 5) is 14.2.